The molecule has 1 aromatic rings. The zero-order valence-electron chi connectivity index (χ0n) is 10.3. The molecule has 0 bridgehead atoms. The Balaban J connectivity index is 1.81. The molecule has 98 valence electrons. The number of methoxy groups -OCH3 is 1. The van der Waals surface area contributed by atoms with E-state index in [1.165, 1.54) is 7.11 Å². The Morgan fingerprint density at radius 1 is 1.61 bits per heavy atom. The second kappa shape index (κ2) is 6.20. The Labute approximate surface area is 106 Å². The lowest BCUT2D eigenvalue weighted by Gasteiger charge is -2.11. The lowest BCUT2D eigenvalue weighted by molar-refractivity contribution is 0.120. The van der Waals surface area contributed by atoms with E-state index in [1.807, 2.05) is 0 Å². The van der Waals surface area contributed by atoms with Crippen LogP contribution in [0.4, 0.5) is 16.3 Å². The molecule has 1 aliphatic rings. The topological polar surface area (TPSA) is 72.5 Å². The minimum absolute atomic E-state index is 0.277. The van der Waals surface area contributed by atoms with Crippen molar-refractivity contribution in [3.63, 3.8) is 0 Å². The molecular weight excluding hydrogens is 234 g/mol. The van der Waals surface area contributed by atoms with E-state index in [0.29, 0.717) is 5.69 Å². The van der Waals surface area contributed by atoms with Crippen molar-refractivity contribution >= 4 is 17.6 Å². The number of hydrogen-bond donors (Lipinski definition) is 2. The maximum atomic E-state index is 11.0. The maximum Gasteiger partial charge on any atom is 0.411 e. The summed E-state index contributed by atoms with van der Waals surface area (Å²) >= 11 is 0. The third-order valence-corrected chi connectivity index (χ3v) is 2.73. The van der Waals surface area contributed by atoms with Crippen molar-refractivity contribution in [1.82, 2.24) is 4.98 Å². The zero-order chi connectivity index (χ0) is 12.8. The lowest BCUT2D eigenvalue weighted by atomic mass is 10.2. The first kappa shape index (κ1) is 12.6. The normalized spacial score (nSPS) is 18.4. The van der Waals surface area contributed by atoms with Crippen LogP contribution < -0.4 is 10.6 Å². The molecule has 1 fully saturated rings. The molecule has 6 heteroatoms. The van der Waals surface area contributed by atoms with Gasteiger partial charge < -0.3 is 14.8 Å². The van der Waals surface area contributed by atoms with Crippen LogP contribution in [0, 0.1) is 0 Å². The van der Waals surface area contributed by atoms with Crippen LogP contribution in [0.5, 0.6) is 0 Å². The van der Waals surface area contributed by atoms with Crippen molar-refractivity contribution < 1.29 is 14.3 Å². The van der Waals surface area contributed by atoms with Crippen LogP contribution in [0.3, 0.4) is 0 Å². The molecule has 1 amide bonds. The number of nitrogens with zero attached hydrogens (tertiary/aromatic N) is 1. The molecule has 2 heterocycles. The maximum absolute atomic E-state index is 11.0. The zero-order valence-corrected chi connectivity index (χ0v) is 10.3. The van der Waals surface area contributed by atoms with Gasteiger partial charge in [0.15, 0.2) is 0 Å². The third kappa shape index (κ3) is 3.59. The number of hydrogen-bond acceptors (Lipinski definition) is 5. The molecule has 0 aromatic carbocycles. The smallest absolute Gasteiger partial charge is 0.411 e. The van der Waals surface area contributed by atoms with Crippen LogP contribution in [0.2, 0.25) is 0 Å². The standard InChI is InChI=1S/C12H17N3O3/c1-17-12(16)15-9-4-5-11(13-7-9)14-8-10-3-2-6-18-10/h4-5,7,10H,2-3,6,8H2,1H3,(H,13,14)(H,15,16). The Morgan fingerprint density at radius 3 is 3.11 bits per heavy atom. The summed E-state index contributed by atoms with van der Waals surface area (Å²) in [6.07, 6.45) is 3.57. The molecule has 0 aliphatic carbocycles. The predicted octanol–water partition coefficient (Wildman–Crippen LogP) is 1.85. The molecule has 1 aromatic heterocycles. The molecular formula is C12H17N3O3. The highest BCUT2D eigenvalue weighted by atomic mass is 16.5. The van der Waals surface area contributed by atoms with Gasteiger partial charge in [-0.3, -0.25) is 5.32 Å². The second-order valence-corrected chi connectivity index (χ2v) is 4.06. The third-order valence-electron chi connectivity index (χ3n) is 2.73. The van der Waals surface area contributed by atoms with Crippen molar-refractivity contribution in [2.45, 2.75) is 18.9 Å². The predicted molar refractivity (Wildman–Crippen MR) is 67.7 cm³/mol. The second-order valence-electron chi connectivity index (χ2n) is 4.06. The molecule has 0 spiro atoms. The van der Waals surface area contributed by atoms with Gasteiger partial charge in [-0.1, -0.05) is 0 Å². The first-order valence-corrected chi connectivity index (χ1v) is 5.94. The quantitative estimate of drug-likeness (QED) is 0.854. The Kier molecular flexibility index (Phi) is 4.35. The van der Waals surface area contributed by atoms with Gasteiger partial charge in [-0.15, -0.1) is 0 Å². The molecule has 1 unspecified atom stereocenters. The van der Waals surface area contributed by atoms with E-state index in [0.717, 1.165) is 31.8 Å². The van der Waals surface area contributed by atoms with E-state index >= 15 is 0 Å². The fourth-order valence-electron chi connectivity index (χ4n) is 1.76. The fourth-order valence-corrected chi connectivity index (χ4v) is 1.76. The average molecular weight is 251 g/mol. The first-order chi connectivity index (χ1) is 8.78. The summed E-state index contributed by atoms with van der Waals surface area (Å²) in [5.74, 6) is 0.765. The van der Waals surface area contributed by atoms with Crippen molar-refractivity contribution in [2.75, 3.05) is 30.9 Å². The van der Waals surface area contributed by atoms with Gasteiger partial charge in [0.25, 0.3) is 0 Å². The van der Waals surface area contributed by atoms with Crippen LogP contribution >= 0.6 is 0 Å². The van der Waals surface area contributed by atoms with Gasteiger partial charge in [-0.25, -0.2) is 9.78 Å². The summed E-state index contributed by atoms with van der Waals surface area (Å²) in [5.41, 5.74) is 0.601. The van der Waals surface area contributed by atoms with Gasteiger partial charge in [0.05, 0.1) is 25.1 Å². The number of anilines is 2. The van der Waals surface area contributed by atoms with Crippen LogP contribution in [0.25, 0.3) is 0 Å². The van der Waals surface area contributed by atoms with Gasteiger partial charge in [0.1, 0.15) is 5.82 Å². The van der Waals surface area contributed by atoms with E-state index in [9.17, 15) is 4.79 Å². The Morgan fingerprint density at radius 2 is 2.50 bits per heavy atom. The first-order valence-electron chi connectivity index (χ1n) is 5.94. The number of ether oxygens (including phenoxy) is 2. The SMILES string of the molecule is COC(=O)Nc1ccc(NCC2CCCO2)nc1. The number of aromatic nitrogens is 1. The molecule has 2 rings (SSSR count). The minimum Gasteiger partial charge on any atom is -0.453 e. The molecule has 0 saturated carbocycles. The molecule has 1 atom stereocenters. The van der Waals surface area contributed by atoms with Crippen molar-refractivity contribution in [3.05, 3.63) is 18.3 Å². The summed E-state index contributed by atoms with van der Waals surface area (Å²) in [7, 11) is 1.32. The summed E-state index contributed by atoms with van der Waals surface area (Å²) in [4.78, 5) is 15.2. The highest BCUT2D eigenvalue weighted by molar-refractivity contribution is 5.84. The molecule has 6 nitrogen and oxygen atoms in total. The van der Waals surface area contributed by atoms with Gasteiger partial charge >= 0.3 is 6.09 Å². The monoisotopic (exact) mass is 251 g/mol. The van der Waals surface area contributed by atoms with Crippen LogP contribution in [-0.4, -0.2) is 37.4 Å². The number of carbonyl (C=O) groups is 1. The van der Waals surface area contributed by atoms with Gasteiger partial charge in [0.2, 0.25) is 0 Å². The molecule has 1 aliphatic heterocycles. The lowest BCUT2D eigenvalue weighted by Crippen LogP contribution is -2.19. The van der Waals surface area contributed by atoms with Crippen LogP contribution in [-0.2, 0) is 9.47 Å². The van der Waals surface area contributed by atoms with E-state index in [4.69, 9.17) is 4.74 Å². The Bertz CT molecular complexity index is 388. The molecule has 1 saturated heterocycles. The highest BCUT2D eigenvalue weighted by Crippen LogP contribution is 2.14. The average Bonchev–Trinajstić information content (AvgIpc) is 2.91. The van der Waals surface area contributed by atoms with Crippen LogP contribution in [0.1, 0.15) is 12.8 Å². The Hall–Kier alpha value is -1.82. The van der Waals surface area contributed by atoms with Crippen molar-refractivity contribution in [1.29, 1.82) is 0 Å². The molecule has 0 radical (unpaired) electrons. The minimum atomic E-state index is -0.503. The molecule has 18 heavy (non-hydrogen) atoms. The van der Waals surface area contributed by atoms with Gasteiger partial charge in [0, 0.05) is 13.2 Å². The van der Waals surface area contributed by atoms with E-state index < -0.39 is 6.09 Å². The largest absolute Gasteiger partial charge is 0.453 e. The van der Waals surface area contributed by atoms with E-state index in [-0.39, 0.29) is 6.10 Å². The van der Waals surface area contributed by atoms with E-state index in [2.05, 4.69) is 20.4 Å². The summed E-state index contributed by atoms with van der Waals surface area (Å²) in [5, 5.41) is 5.74. The van der Waals surface area contributed by atoms with Crippen molar-refractivity contribution in [2.24, 2.45) is 0 Å². The number of amides is 1. The number of carbonyl (C=O) groups excluding carboxylic acids is 1. The van der Waals surface area contributed by atoms with Crippen molar-refractivity contribution in [3.8, 4) is 0 Å². The number of pyridine rings is 1. The molecule has 2 N–H and O–H groups in total. The number of nitrogens with one attached hydrogen (secondary N) is 2. The van der Waals surface area contributed by atoms with Crippen LogP contribution in [0.15, 0.2) is 18.3 Å². The van der Waals surface area contributed by atoms with E-state index in [1.54, 1.807) is 18.3 Å². The van der Waals surface area contributed by atoms with Gasteiger partial charge in [-0.05, 0) is 25.0 Å². The fraction of sp³-hybridized carbons (Fsp3) is 0.500. The summed E-state index contributed by atoms with van der Waals surface area (Å²) < 4.78 is 9.99. The number of rotatable bonds is 4. The highest BCUT2D eigenvalue weighted by Gasteiger charge is 2.14. The summed E-state index contributed by atoms with van der Waals surface area (Å²) in [6, 6.07) is 3.57. The van der Waals surface area contributed by atoms with Gasteiger partial charge in [-0.2, -0.15) is 0 Å². The summed E-state index contributed by atoms with van der Waals surface area (Å²) in [6.45, 7) is 1.61.